The van der Waals surface area contributed by atoms with Gasteiger partial charge in [0.1, 0.15) is 0 Å². The Morgan fingerprint density at radius 1 is 1.39 bits per heavy atom. The summed E-state index contributed by atoms with van der Waals surface area (Å²) < 4.78 is 4.49. The number of esters is 1. The van der Waals surface area contributed by atoms with Crippen LogP contribution < -0.4 is 4.90 Å². The monoisotopic (exact) mass is 250 g/mol. The van der Waals surface area contributed by atoms with Gasteiger partial charge in [0, 0.05) is 18.3 Å². The first-order chi connectivity index (χ1) is 8.51. The fourth-order valence-corrected chi connectivity index (χ4v) is 1.39. The number of amidine groups is 1. The number of hydrogen-bond acceptors (Lipinski definition) is 5. The van der Waals surface area contributed by atoms with Gasteiger partial charge in [-0.3, -0.25) is 4.79 Å². The molecular formula is C12H14N2O4. The predicted octanol–water partition coefficient (Wildman–Crippen LogP) is 1.29. The normalized spacial score (nSPS) is 10.9. The zero-order valence-electron chi connectivity index (χ0n) is 10.4. The quantitative estimate of drug-likeness (QED) is 0.214. The molecule has 0 saturated heterocycles. The van der Waals surface area contributed by atoms with E-state index in [1.807, 2.05) is 0 Å². The van der Waals surface area contributed by atoms with E-state index in [0.717, 1.165) is 0 Å². The molecule has 1 aromatic rings. The molecule has 0 spiro atoms. The van der Waals surface area contributed by atoms with E-state index < -0.39 is 5.97 Å². The van der Waals surface area contributed by atoms with Crippen molar-refractivity contribution in [3.63, 3.8) is 0 Å². The van der Waals surface area contributed by atoms with Crippen molar-refractivity contribution in [2.24, 2.45) is 5.16 Å². The van der Waals surface area contributed by atoms with Crippen LogP contribution in [0.25, 0.3) is 0 Å². The number of rotatable bonds is 2. The van der Waals surface area contributed by atoms with Gasteiger partial charge in [0.15, 0.2) is 5.78 Å². The number of oxime groups is 1. The van der Waals surface area contributed by atoms with E-state index in [-0.39, 0.29) is 11.6 Å². The summed E-state index contributed by atoms with van der Waals surface area (Å²) in [5.41, 5.74) is 1.04. The molecule has 18 heavy (non-hydrogen) atoms. The molecule has 0 saturated carbocycles. The molecule has 0 radical (unpaired) electrons. The maximum absolute atomic E-state index is 11.4. The van der Waals surface area contributed by atoms with Crippen LogP contribution in [0.15, 0.2) is 29.4 Å². The second-order valence-corrected chi connectivity index (χ2v) is 3.58. The van der Waals surface area contributed by atoms with E-state index in [4.69, 9.17) is 5.21 Å². The summed E-state index contributed by atoms with van der Waals surface area (Å²) in [4.78, 5) is 23.9. The predicted molar refractivity (Wildman–Crippen MR) is 66.1 cm³/mol. The molecule has 0 amide bonds. The Morgan fingerprint density at radius 3 is 2.56 bits per heavy atom. The van der Waals surface area contributed by atoms with Crippen molar-refractivity contribution < 1.29 is 19.5 Å². The van der Waals surface area contributed by atoms with Crippen LogP contribution in [0.5, 0.6) is 0 Å². The highest BCUT2D eigenvalue weighted by atomic mass is 16.5. The number of Topliss-reactive ketones (excluding diaryl/α,β-unsaturated/α-hetero) is 1. The van der Waals surface area contributed by atoms with Gasteiger partial charge in [0.25, 0.3) is 5.84 Å². The fraction of sp³-hybridized carbons (Fsp3) is 0.250. The van der Waals surface area contributed by atoms with Crippen LogP contribution in [0.2, 0.25) is 0 Å². The van der Waals surface area contributed by atoms with Crippen molar-refractivity contribution in [3.8, 4) is 0 Å². The van der Waals surface area contributed by atoms with Gasteiger partial charge in [-0.05, 0) is 19.1 Å². The van der Waals surface area contributed by atoms with E-state index in [1.165, 1.54) is 26.0 Å². The molecule has 0 fully saturated rings. The van der Waals surface area contributed by atoms with Crippen LogP contribution in [0.4, 0.5) is 5.69 Å². The van der Waals surface area contributed by atoms with Gasteiger partial charge in [0.05, 0.1) is 7.11 Å². The average Bonchev–Trinajstić information content (AvgIpc) is 2.39. The second-order valence-electron chi connectivity index (χ2n) is 3.58. The van der Waals surface area contributed by atoms with Gasteiger partial charge in [-0.2, -0.15) is 0 Å². The molecule has 1 rings (SSSR count). The second kappa shape index (κ2) is 5.81. The Morgan fingerprint density at radius 2 is 2.06 bits per heavy atom. The zero-order chi connectivity index (χ0) is 13.7. The number of ketones is 1. The molecule has 0 aromatic heterocycles. The highest BCUT2D eigenvalue weighted by molar-refractivity contribution is 6.40. The van der Waals surface area contributed by atoms with E-state index in [0.29, 0.717) is 11.3 Å². The zero-order valence-corrected chi connectivity index (χ0v) is 10.4. The number of methoxy groups -OCH3 is 1. The average molecular weight is 250 g/mol. The van der Waals surface area contributed by atoms with Crippen LogP contribution in [0.1, 0.15) is 17.3 Å². The number of likely N-dealkylation sites (N-methyl/N-ethyl adjacent to an activating group) is 1. The van der Waals surface area contributed by atoms with Crippen LogP contribution >= 0.6 is 0 Å². The third kappa shape index (κ3) is 2.85. The number of hydrogen-bond donors (Lipinski definition) is 1. The maximum Gasteiger partial charge on any atom is 0.377 e. The molecule has 0 aliphatic carbocycles. The van der Waals surface area contributed by atoms with E-state index in [9.17, 15) is 9.59 Å². The lowest BCUT2D eigenvalue weighted by Crippen LogP contribution is -2.34. The van der Waals surface area contributed by atoms with Crippen molar-refractivity contribution in [1.82, 2.24) is 0 Å². The Kier molecular flexibility index (Phi) is 4.42. The Bertz CT molecular complexity index is 497. The minimum absolute atomic E-state index is 0.0918. The minimum atomic E-state index is -0.770. The van der Waals surface area contributed by atoms with Crippen molar-refractivity contribution >= 4 is 23.3 Å². The smallest absolute Gasteiger partial charge is 0.377 e. The summed E-state index contributed by atoms with van der Waals surface area (Å²) in [6.07, 6.45) is 0. The van der Waals surface area contributed by atoms with Crippen molar-refractivity contribution in [1.29, 1.82) is 0 Å². The van der Waals surface area contributed by atoms with Gasteiger partial charge >= 0.3 is 5.97 Å². The summed E-state index contributed by atoms with van der Waals surface area (Å²) in [6.45, 7) is 1.44. The van der Waals surface area contributed by atoms with Crippen LogP contribution in [-0.4, -0.2) is 37.0 Å². The SMILES string of the molecule is COC(=O)/C(=N\O)N(C)c1cccc(C(C)=O)c1. The molecule has 1 aromatic carbocycles. The Hall–Kier alpha value is -2.37. The van der Waals surface area contributed by atoms with E-state index >= 15 is 0 Å². The van der Waals surface area contributed by atoms with Crippen molar-refractivity contribution in [3.05, 3.63) is 29.8 Å². The molecule has 0 unspecified atom stereocenters. The first-order valence-corrected chi connectivity index (χ1v) is 5.16. The number of benzene rings is 1. The summed E-state index contributed by atoms with van der Waals surface area (Å²) in [6, 6.07) is 6.61. The molecule has 0 aliphatic rings. The Labute approximate surface area is 104 Å². The molecule has 0 bridgehead atoms. The third-order valence-corrected chi connectivity index (χ3v) is 2.42. The number of carbonyl (C=O) groups is 2. The number of carbonyl (C=O) groups excluding carboxylic acids is 2. The molecule has 0 atom stereocenters. The molecule has 1 N–H and O–H groups in total. The lowest BCUT2D eigenvalue weighted by atomic mass is 10.1. The van der Waals surface area contributed by atoms with Gasteiger partial charge in [-0.25, -0.2) is 4.79 Å². The molecule has 6 heteroatoms. The lowest BCUT2D eigenvalue weighted by Gasteiger charge is -2.18. The summed E-state index contributed by atoms with van der Waals surface area (Å²) in [5, 5.41) is 11.7. The van der Waals surface area contributed by atoms with Crippen LogP contribution in [0, 0.1) is 0 Å². The van der Waals surface area contributed by atoms with Gasteiger partial charge < -0.3 is 14.8 Å². The largest absolute Gasteiger partial charge is 0.463 e. The van der Waals surface area contributed by atoms with Gasteiger partial charge in [-0.15, -0.1) is 0 Å². The molecule has 0 heterocycles. The van der Waals surface area contributed by atoms with E-state index in [2.05, 4.69) is 9.89 Å². The minimum Gasteiger partial charge on any atom is -0.463 e. The van der Waals surface area contributed by atoms with Gasteiger partial charge in [0.2, 0.25) is 0 Å². The number of anilines is 1. The maximum atomic E-state index is 11.4. The molecule has 96 valence electrons. The molecule has 0 aliphatic heterocycles. The Balaban J connectivity index is 3.10. The van der Waals surface area contributed by atoms with Gasteiger partial charge in [-0.1, -0.05) is 17.3 Å². The first-order valence-electron chi connectivity index (χ1n) is 5.16. The van der Waals surface area contributed by atoms with E-state index in [1.54, 1.807) is 24.3 Å². The summed E-state index contributed by atoms with van der Waals surface area (Å²) in [7, 11) is 2.72. The number of nitrogens with zero attached hydrogens (tertiary/aromatic N) is 2. The fourth-order valence-electron chi connectivity index (χ4n) is 1.39. The van der Waals surface area contributed by atoms with Crippen molar-refractivity contribution in [2.75, 3.05) is 19.1 Å². The lowest BCUT2D eigenvalue weighted by molar-refractivity contribution is -0.132. The molecule has 6 nitrogen and oxygen atoms in total. The summed E-state index contributed by atoms with van der Waals surface area (Å²) in [5.74, 6) is -1.13. The standard InChI is InChI=1S/C12H14N2O4/c1-8(15)9-5-4-6-10(7-9)14(2)11(13-17)12(16)18-3/h4-7,17H,1-3H3/b13-11+. The first kappa shape index (κ1) is 13.7. The van der Waals surface area contributed by atoms with Crippen molar-refractivity contribution in [2.45, 2.75) is 6.92 Å². The third-order valence-electron chi connectivity index (χ3n) is 2.42. The molecular weight excluding hydrogens is 236 g/mol. The topological polar surface area (TPSA) is 79.2 Å². The number of ether oxygens (including phenoxy) is 1. The van der Waals surface area contributed by atoms with Crippen LogP contribution in [0.3, 0.4) is 0 Å². The highest BCUT2D eigenvalue weighted by Crippen LogP contribution is 2.16. The van der Waals surface area contributed by atoms with Crippen LogP contribution in [-0.2, 0) is 9.53 Å². The summed E-state index contributed by atoms with van der Waals surface area (Å²) >= 11 is 0. The highest BCUT2D eigenvalue weighted by Gasteiger charge is 2.19.